The Balaban J connectivity index is 2.29. The molecule has 0 bridgehead atoms. The smallest absolute Gasteiger partial charge is 0.163 e. The monoisotopic (exact) mass is 316 g/mol. The minimum Gasteiger partial charge on any atom is -0.228 e. The van der Waals surface area contributed by atoms with E-state index in [0.29, 0.717) is 16.0 Å². The number of aromatic nitrogens is 2. The number of hydrogen-bond donors (Lipinski definition) is 0. The Hall–Kier alpha value is -1.64. The summed E-state index contributed by atoms with van der Waals surface area (Å²) in [7, 11) is 0. The average Bonchev–Trinajstić information content (AvgIpc) is 2.46. The van der Waals surface area contributed by atoms with Crippen LogP contribution in [0.1, 0.15) is 18.1 Å². The van der Waals surface area contributed by atoms with Gasteiger partial charge < -0.3 is 0 Å². The summed E-state index contributed by atoms with van der Waals surface area (Å²) in [5.74, 6) is 0.568. The highest BCUT2D eigenvalue weighted by atomic mass is 35.5. The van der Waals surface area contributed by atoms with Crippen molar-refractivity contribution < 1.29 is 0 Å². The van der Waals surface area contributed by atoms with E-state index < -0.39 is 0 Å². The van der Waals surface area contributed by atoms with Crippen molar-refractivity contribution in [3.8, 4) is 11.4 Å². The van der Waals surface area contributed by atoms with Gasteiger partial charge in [0.25, 0.3) is 0 Å². The standard InChI is InChI=1S/C17H14Cl2N2/c1-3-11-5-4-6-13-15(11)20-17(21-16(13)19)12-8-7-10(2)9-14(12)18/h4-9H,3H2,1-2H3. The van der Waals surface area contributed by atoms with Crippen LogP contribution >= 0.6 is 23.2 Å². The first-order valence-electron chi connectivity index (χ1n) is 6.82. The maximum Gasteiger partial charge on any atom is 0.163 e. The van der Waals surface area contributed by atoms with Crippen LogP contribution in [0.25, 0.3) is 22.3 Å². The van der Waals surface area contributed by atoms with E-state index in [1.54, 1.807) is 0 Å². The van der Waals surface area contributed by atoms with E-state index in [2.05, 4.69) is 23.0 Å². The lowest BCUT2D eigenvalue weighted by molar-refractivity contribution is 1.13. The van der Waals surface area contributed by atoms with E-state index in [-0.39, 0.29) is 0 Å². The highest BCUT2D eigenvalue weighted by Crippen LogP contribution is 2.31. The number of nitrogens with zero attached hydrogens (tertiary/aromatic N) is 2. The van der Waals surface area contributed by atoms with Crippen LogP contribution in [0.2, 0.25) is 10.2 Å². The minimum absolute atomic E-state index is 0.460. The summed E-state index contributed by atoms with van der Waals surface area (Å²) in [6, 6.07) is 11.8. The number of rotatable bonds is 2. The Morgan fingerprint density at radius 3 is 2.57 bits per heavy atom. The topological polar surface area (TPSA) is 25.8 Å². The average molecular weight is 317 g/mol. The third kappa shape index (κ3) is 2.61. The summed E-state index contributed by atoms with van der Waals surface area (Å²) < 4.78 is 0. The summed E-state index contributed by atoms with van der Waals surface area (Å²) in [5.41, 5.74) is 3.95. The molecule has 1 aromatic heterocycles. The molecule has 0 atom stereocenters. The molecule has 0 aliphatic rings. The van der Waals surface area contributed by atoms with Crippen LogP contribution in [0.15, 0.2) is 36.4 Å². The summed E-state index contributed by atoms with van der Waals surface area (Å²) in [6.07, 6.45) is 0.895. The molecule has 0 aliphatic carbocycles. The summed E-state index contributed by atoms with van der Waals surface area (Å²) in [5, 5.41) is 1.98. The van der Waals surface area contributed by atoms with Crippen molar-refractivity contribution in [1.82, 2.24) is 9.97 Å². The van der Waals surface area contributed by atoms with Crippen molar-refractivity contribution >= 4 is 34.1 Å². The van der Waals surface area contributed by atoms with Crippen LogP contribution in [0, 0.1) is 6.92 Å². The molecule has 3 rings (SSSR count). The molecule has 0 saturated heterocycles. The lowest BCUT2D eigenvalue weighted by atomic mass is 10.1. The molecule has 0 saturated carbocycles. The highest BCUT2D eigenvalue weighted by Gasteiger charge is 2.12. The van der Waals surface area contributed by atoms with Crippen LogP contribution in [-0.4, -0.2) is 9.97 Å². The maximum absolute atomic E-state index is 6.33. The molecule has 2 aromatic carbocycles. The SMILES string of the molecule is CCc1cccc2c(Cl)nc(-c3ccc(C)cc3Cl)nc12. The highest BCUT2D eigenvalue weighted by molar-refractivity contribution is 6.35. The Bertz CT molecular complexity index is 828. The molecular formula is C17H14Cl2N2. The van der Waals surface area contributed by atoms with Gasteiger partial charge in [-0.3, -0.25) is 0 Å². The van der Waals surface area contributed by atoms with E-state index in [9.17, 15) is 0 Å². The van der Waals surface area contributed by atoms with E-state index in [4.69, 9.17) is 23.2 Å². The molecule has 0 amide bonds. The fourth-order valence-corrected chi connectivity index (χ4v) is 2.93. The molecule has 1 heterocycles. The van der Waals surface area contributed by atoms with Crippen molar-refractivity contribution in [2.24, 2.45) is 0 Å². The molecule has 106 valence electrons. The molecule has 0 aliphatic heterocycles. The molecule has 0 spiro atoms. The van der Waals surface area contributed by atoms with Crippen molar-refractivity contribution in [3.05, 3.63) is 57.7 Å². The lowest BCUT2D eigenvalue weighted by Crippen LogP contribution is -1.95. The zero-order valence-corrected chi connectivity index (χ0v) is 13.3. The molecule has 2 nitrogen and oxygen atoms in total. The number of fused-ring (bicyclic) bond motifs is 1. The van der Waals surface area contributed by atoms with Gasteiger partial charge in [-0.1, -0.05) is 48.3 Å². The number of hydrogen-bond acceptors (Lipinski definition) is 2. The summed E-state index contributed by atoms with van der Waals surface area (Å²) >= 11 is 12.6. The Kier molecular flexibility index (Phi) is 3.83. The molecule has 0 radical (unpaired) electrons. The quantitative estimate of drug-likeness (QED) is 0.585. The first kappa shape index (κ1) is 14.3. The second kappa shape index (κ2) is 5.63. The zero-order chi connectivity index (χ0) is 15.0. The van der Waals surface area contributed by atoms with Gasteiger partial charge in [-0.2, -0.15) is 0 Å². The molecule has 4 heteroatoms. The predicted octanol–water partition coefficient (Wildman–Crippen LogP) is 5.47. The fraction of sp³-hybridized carbons (Fsp3) is 0.176. The lowest BCUT2D eigenvalue weighted by Gasteiger charge is -2.09. The second-order valence-electron chi connectivity index (χ2n) is 4.99. The number of para-hydroxylation sites is 1. The fourth-order valence-electron chi connectivity index (χ4n) is 2.38. The van der Waals surface area contributed by atoms with Gasteiger partial charge in [0.1, 0.15) is 5.15 Å². The van der Waals surface area contributed by atoms with Gasteiger partial charge in [0.15, 0.2) is 5.82 Å². The first-order chi connectivity index (χ1) is 10.1. The first-order valence-corrected chi connectivity index (χ1v) is 7.57. The zero-order valence-electron chi connectivity index (χ0n) is 11.8. The molecule has 21 heavy (non-hydrogen) atoms. The third-order valence-electron chi connectivity index (χ3n) is 3.51. The van der Waals surface area contributed by atoms with E-state index in [0.717, 1.165) is 34.0 Å². The largest absolute Gasteiger partial charge is 0.228 e. The van der Waals surface area contributed by atoms with Gasteiger partial charge in [-0.15, -0.1) is 0 Å². The summed E-state index contributed by atoms with van der Waals surface area (Å²) in [6.45, 7) is 4.10. The van der Waals surface area contributed by atoms with Crippen LogP contribution < -0.4 is 0 Å². The van der Waals surface area contributed by atoms with Gasteiger partial charge in [0.05, 0.1) is 10.5 Å². The third-order valence-corrected chi connectivity index (χ3v) is 4.11. The number of halogens is 2. The van der Waals surface area contributed by atoms with E-state index >= 15 is 0 Å². The molecular weight excluding hydrogens is 303 g/mol. The van der Waals surface area contributed by atoms with Gasteiger partial charge in [-0.25, -0.2) is 9.97 Å². The molecule has 3 aromatic rings. The normalized spacial score (nSPS) is 11.0. The molecule has 0 fully saturated rings. The second-order valence-corrected chi connectivity index (χ2v) is 5.75. The van der Waals surface area contributed by atoms with Crippen molar-refractivity contribution in [2.45, 2.75) is 20.3 Å². The minimum atomic E-state index is 0.460. The predicted molar refractivity (Wildman–Crippen MR) is 89.1 cm³/mol. The Labute approximate surface area is 133 Å². The van der Waals surface area contributed by atoms with Crippen molar-refractivity contribution in [1.29, 1.82) is 0 Å². The van der Waals surface area contributed by atoms with Crippen molar-refractivity contribution in [3.63, 3.8) is 0 Å². The number of aryl methyl sites for hydroxylation is 2. The van der Waals surface area contributed by atoms with Gasteiger partial charge in [0, 0.05) is 10.9 Å². The van der Waals surface area contributed by atoms with Crippen LogP contribution in [0.5, 0.6) is 0 Å². The van der Waals surface area contributed by atoms with Gasteiger partial charge in [0.2, 0.25) is 0 Å². The Morgan fingerprint density at radius 1 is 1.05 bits per heavy atom. The Morgan fingerprint density at radius 2 is 1.86 bits per heavy atom. The number of benzene rings is 2. The van der Waals surface area contributed by atoms with Gasteiger partial charge in [-0.05, 0) is 42.7 Å². The van der Waals surface area contributed by atoms with E-state index in [1.165, 1.54) is 0 Å². The van der Waals surface area contributed by atoms with Crippen LogP contribution in [-0.2, 0) is 6.42 Å². The van der Waals surface area contributed by atoms with E-state index in [1.807, 2.05) is 37.3 Å². The molecule has 0 unspecified atom stereocenters. The van der Waals surface area contributed by atoms with Gasteiger partial charge >= 0.3 is 0 Å². The van der Waals surface area contributed by atoms with Crippen LogP contribution in [0.3, 0.4) is 0 Å². The summed E-state index contributed by atoms with van der Waals surface area (Å²) in [4.78, 5) is 9.09. The van der Waals surface area contributed by atoms with Crippen molar-refractivity contribution in [2.75, 3.05) is 0 Å². The maximum atomic E-state index is 6.33. The molecule has 0 N–H and O–H groups in total. The van der Waals surface area contributed by atoms with Crippen LogP contribution in [0.4, 0.5) is 0 Å².